The molecule has 1 aliphatic rings. The first-order valence-electron chi connectivity index (χ1n) is 4.65. The van der Waals surface area contributed by atoms with Gasteiger partial charge in [0.05, 0.1) is 0 Å². The van der Waals surface area contributed by atoms with Gasteiger partial charge in [0.15, 0.2) is 5.71 Å². The van der Waals surface area contributed by atoms with Crippen molar-refractivity contribution in [1.29, 1.82) is 10.5 Å². The lowest BCUT2D eigenvalue weighted by atomic mass is 10.0. The molecule has 0 aromatic heterocycles. The van der Waals surface area contributed by atoms with E-state index >= 15 is 0 Å². The van der Waals surface area contributed by atoms with Gasteiger partial charge in [-0.1, -0.05) is 29.4 Å². The summed E-state index contributed by atoms with van der Waals surface area (Å²) in [6.07, 6.45) is 0. The monoisotopic (exact) mass is 223 g/mol. The van der Waals surface area contributed by atoms with Gasteiger partial charge in [-0.25, -0.2) is 0 Å². The number of nitriles is 2. The Labute approximate surface area is 96.5 Å². The van der Waals surface area contributed by atoms with E-state index in [0.717, 1.165) is 0 Å². The number of allylic oxidation sites excluding steroid dienone is 2. The Morgan fingerprint density at radius 2 is 1.76 bits per heavy atom. The average Bonchev–Trinajstić information content (AvgIpc) is 2.65. The first kappa shape index (κ1) is 10.6. The third-order valence-electron chi connectivity index (χ3n) is 2.47. The van der Waals surface area contributed by atoms with Gasteiger partial charge in [-0.2, -0.15) is 10.5 Å². The molecule has 17 heavy (non-hydrogen) atoms. The molecule has 5 heteroatoms. The van der Waals surface area contributed by atoms with Crippen molar-refractivity contribution < 1.29 is 10.0 Å². The van der Waals surface area contributed by atoms with Crippen LogP contribution in [0.5, 0.6) is 0 Å². The Kier molecular flexibility index (Phi) is 2.44. The van der Waals surface area contributed by atoms with Crippen LogP contribution in [0, 0.1) is 22.7 Å². The van der Waals surface area contributed by atoms with E-state index in [1.165, 1.54) is 0 Å². The number of carbonyl (C=O) groups is 1. The average molecular weight is 223 g/mol. The molecule has 0 fully saturated rings. The lowest BCUT2D eigenvalue weighted by Gasteiger charge is -1.97. The molecule has 1 aliphatic carbocycles. The van der Waals surface area contributed by atoms with Crippen molar-refractivity contribution in [2.45, 2.75) is 0 Å². The number of hydrogen-bond donors (Lipinski definition) is 1. The molecule has 0 atom stereocenters. The minimum atomic E-state index is -0.485. The molecule has 80 valence electrons. The predicted molar refractivity (Wildman–Crippen MR) is 58.1 cm³/mol. The van der Waals surface area contributed by atoms with Crippen LogP contribution in [0.25, 0.3) is 5.57 Å². The van der Waals surface area contributed by atoms with Gasteiger partial charge in [0.1, 0.15) is 17.7 Å². The molecular formula is C12H5N3O2. The SMILES string of the molecule is N#CC(C#N)=C1/C(=N/O)C(=O)c2ccccc21. The van der Waals surface area contributed by atoms with E-state index in [2.05, 4.69) is 5.16 Å². The highest BCUT2D eigenvalue weighted by Crippen LogP contribution is 2.32. The van der Waals surface area contributed by atoms with Crippen LogP contribution in [0.2, 0.25) is 0 Å². The Balaban J connectivity index is 2.87. The van der Waals surface area contributed by atoms with Crippen molar-refractivity contribution in [2.75, 3.05) is 0 Å². The minimum absolute atomic E-state index is 0.0955. The fourth-order valence-electron chi connectivity index (χ4n) is 1.75. The zero-order chi connectivity index (χ0) is 12.4. The van der Waals surface area contributed by atoms with E-state index in [9.17, 15) is 4.79 Å². The normalized spacial score (nSPS) is 15.3. The summed E-state index contributed by atoms with van der Waals surface area (Å²) in [5.41, 5.74) is 0.375. The molecule has 2 rings (SSSR count). The van der Waals surface area contributed by atoms with Gasteiger partial charge in [-0.3, -0.25) is 4.79 Å². The van der Waals surface area contributed by atoms with E-state index < -0.39 is 5.78 Å². The molecule has 0 saturated carbocycles. The molecule has 0 heterocycles. The van der Waals surface area contributed by atoms with Gasteiger partial charge >= 0.3 is 0 Å². The highest BCUT2D eigenvalue weighted by Gasteiger charge is 2.34. The third kappa shape index (κ3) is 1.38. The number of rotatable bonds is 0. The van der Waals surface area contributed by atoms with Crippen LogP contribution in [0.15, 0.2) is 35.0 Å². The van der Waals surface area contributed by atoms with Crippen LogP contribution in [-0.2, 0) is 0 Å². The maximum atomic E-state index is 11.8. The van der Waals surface area contributed by atoms with Crippen LogP contribution in [-0.4, -0.2) is 16.7 Å². The standard InChI is InChI=1S/C12H5N3O2/c13-5-7(6-14)10-8-3-1-2-4-9(8)12(16)11(10)15-17/h1-4,17H/b15-11-. The quantitative estimate of drug-likeness (QED) is 0.409. The molecule has 0 saturated heterocycles. The molecule has 0 amide bonds. The van der Waals surface area contributed by atoms with Crippen LogP contribution in [0.4, 0.5) is 0 Å². The predicted octanol–water partition coefficient (Wildman–Crippen LogP) is 1.51. The van der Waals surface area contributed by atoms with E-state index in [1.54, 1.807) is 36.4 Å². The largest absolute Gasteiger partial charge is 0.410 e. The molecular weight excluding hydrogens is 218 g/mol. The van der Waals surface area contributed by atoms with E-state index in [-0.39, 0.29) is 16.9 Å². The summed E-state index contributed by atoms with van der Waals surface area (Å²) in [5.74, 6) is -0.485. The van der Waals surface area contributed by atoms with Gasteiger partial charge in [-0.05, 0) is 5.56 Å². The van der Waals surface area contributed by atoms with Gasteiger partial charge in [0.25, 0.3) is 0 Å². The number of benzene rings is 1. The molecule has 1 aromatic rings. The van der Waals surface area contributed by atoms with Crippen LogP contribution < -0.4 is 0 Å². The summed E-state index contributed by atoms with van der Waals surface area (Å²) >= 11 is 0. The number of Topliss-reactive ketones (excluding diaryl/α,β-unsaturated/α-hetero) is 1. The number of carbonyl (C=O) groups excluding carboxylic acids is 1. The third-order valence-corrected chi connectivity index (χ3v) is 2.47. The summed E-state index contributed by atoms with van der Waals surface area (Å²) in [7, 11) is 0. The Morgan fingerprint density at radius 1 is 1.18 bits per heavy atom. The summed E-state index contributed by atoms with van der Waals surface area (Å²) in [5, 5.41) is 29.4. The second-order valence-electron chi connectivity index (χ2n) is 3.30. The minimum Gasteiger partial charge on any atom is -0.410 e. The lowest BCUT2D eigenvalue weighted by molar-refractivity contribution is 0.106. The van der Waals surface area contributed by atoms with Crippen LogP contribution in [0.3, 0.4) is 0 Å². The van der Waals surface area contributed by atoms with E-state index in [0.29, 0.717) is 11.1 Å². The van der Waals surface area contributed by atoms with E-state index in [1.807, 2.05) is 0 Å². The number of oxime groups is 1. The molecule has 0 radical (unpaired) electrons. The summed E-state index contributed by atoms with van der Waals surface area (Å²) < 4.78 is 0. The molecule has 1 aromatic carbocycles. The summed E-state index contributed by atoms with van der Waals surface area (Å²) in [4.78, 5) is 11.8. The van der Waals surface area contributed by atoms with E-state index in [4.69, 9.17) is 15.7 Å². The molecule has 0 spiro atoms. The molecule has 0 bridgehead atoms. The molecule has 1 N–H and O–H groups in total. The Morgan fingerprint density at radius 3 is 2.29 bits per heavy atom. The topological polar surface area (TPSA) is 97.2 Å². The lowest BCUT2D eigenvalue weighted by Crippen LogP contribution is -2.07. The fraction of sp³-hybridized carbons (Fsp3) is 0. The van der Waals surface area contributed by atoms with Crippen LogP contribution >= 0.6 is 0 Å². The van der Waals surface area contributed by atoms with Gasteiger partial charge < -0.3 is 5.21 Å². The first-order chi connectivity index (χ1) is 8.24. The van der Waals surface area contributed by atoms with Gasteiger partial charge in [0, 0.05) is 11.1 Å². The van der Waals surface area contributed by atoms with Crippen molar-refractivity contribution in [3.05, 3.63) is 41.0 Å². The zero-order valence-corrected chi connectivity index (χ0v) is 8.51. The van der Waals surface area contributed by atoms with Gasteiger partial charge in [-0.15, -0.1) is 0 Å². The maximum Gasteiger partial charge on any atom is 0.216 e. The number of ketones is 1. The van der Waals surface area contributed by atoms with Crippen molar-refractivity contribution in [3.63, 3.8) is 0 Å². The Bertz CT molecular complexity index is 641. The smallest absolute Gasteiger partial charge is 0.216 e. The number of nitrogens with zero attached hydrogens (tertiary/aromatic N) is 3. The van der Waals surface area contributed by atoms with Crippen molar-refractivity contribution in [3.8, 4) is 12.1 Å². The second-order valence-corrected chi connectivity index (χ2v) is 3.30. The number of hydrogen-bond acceptors (Lipinski definition) is 5. The highest BCUT2D eigenvalue weighted by atomic mass is 16.4. The molecule has 0 unspecified atom stereocenters. The van der Waals surface area contributed by atoms with Crippen molar-refractivity contribution in [1.82, 2.24) is 0 Å². The van der Waals surface area contributed by atoms with Crippen molar-refractivity contribution in [2.24, 2.45) is 5.16 Å². The van der Waals surface area contributed by atoms with Crippen LogP contribution in [0.1, 0.15) is 15.9 Å². The summed E-state index contributed by atoms with van der Waals surface area (Å²) in [6.45, 7) is 0. The van der Waals surface area contributed by atoms with Crippen molar-refractivity contribution >= 4 is 17.1 Å². The highest BCUT2D eigenvalue weighted by molar-refractivity contribution is 6.65. The summed E-state index contributed by atoms with van der Waals surface area (Å²) in [6, 6.07) is 9.89. The first-order valence-corrected chi connectivity index (χ1v) is 4.65. The fourth-order valence-corrected chi connectivity index (χ4v) is 1.75. The zero-order valence-electron chi connectivity index (χ0n) is 8.51. The maximum absolute atomic E-state index is 11.8. The Hall–Kier alpha value is -2.92. The molecule has 5 nitrogen and oxygen atoms in total. The van der Waals surface area contributed by atoms with Gasteiger partial charge in [0.2, 0.25) is 5.78 Å². The second kappa shape index (κ2) is 3.92. The number of fused-ring (bicyclic) bond motifs is 1. The molecule has 0 aliphatic heterocycles.